The standard InChI is InChI=1S/C13H28O5/c1-2-3-4-5-6-7-8-18-10-12(16)13(17)11(15)9-14/h11-17H,2-10H2,1H3. The van der Waals surface area contributed by atoms with Gasteiger partial charge in [-0.3, -0.25) is 0 Å². The minimum absolute atomic E-state index is 0.0206. The van der Waals surface area contributed by atoms with Crippen molar-refractivity contribution >= 4 is 0 Å². The van der Waals surface area contributed by atoms with E-state index in [1.807, 2.05) is 0 Å². The summed E-state index contributed by atoms with van der Waals surface area (Å²) in [4.78, 5) is 0. The van der Waals surface area contributed by atoms with Crippen LogP contribution in [0.5, 0.6) is 0 Å². The van der Waals surface area contributed by atoms with Crippen LogP contribution in [0.25, 0.3) is 0 Å². The number of unbranched alkanes of at least 4 members (excludes halogenated alkanes) is 5. The molecular weight excluding hydrogens is 236 g/mol. The lowest BCUT2D eigenvalue weighted by Gasteiger charge is -2.21. The van der Waals surface area contributed by atoms with E-state index in [1.54, 1.807) is 0 Å². The summed E-state index contributed by atoms with van der Waals surface area (Å²) in [5, 5.41) is 36.5. The van der Waals surface area contributed by atoms with Gasteiger partial charge in [-0.2, -0.15) is 0 Å². The molecule has 0 saturated carbocycles. The number of aliphatic hydroxyl groups excluding tert-OH is 4. The molecule has 0 bridgehead atoms. The fourth-order valence-corrected chi connectivity index (χ4v) is 1.65. The van der Waals surface area contributed by atoms with Crippen LogP contribution in [0.2, 0.25) is 0 Å². The maximum absolute atomic E-state index is 9.45. The third-order valence-corrected chi connectivity index (χ3v) is 2.91. The van der Waals surface area contributed by atoms with E-state index in [9.17, 15) is 10.2 Å². The van der Waals surface area contributed by atoms with Crippen molar-refractivity contribution in [3.63, 3.8) is 0 Å². The maximum atomic E-state index is 9.45. The zero-order valence-corrected chi connectivity index (χ0v) is 11.3. The van der Waals surface area contributed by atoms with Gasteiger partial charge in [0.2, 0.25) is 0 Å². The molecule has 5 heteroatoms. The molecular formula is C13H28O5. The van der Waals surface area contributed by atoms with Crippen molar-refractivity contribution < 1.29 is 25.2 Å². The van der Waals surface area contributed by atoms with Crippen LogP contribution in [-0.2, 0) is 4.74 Å². The van der Waals surface area contributed by atoms with Crippen LogP contribution in [0, 0.1) is 0 Å². The van der Waals surface area contributed by atoms with E-state index < -0.39 is 24.9 Å². The van der Waals surface area contributed by atoms with Gasteiger partial charge in [-0.1, -0.05) is 39.0 Å². The van der Waals surface area contributed by atoms with Crippen molar-refractivity contribution in [2.45, 2.75) is 63.8 Å². The molecule has 5 nitrogen and oxygen atoms in total. The van der Waals surface area contributed by atoms with Crippen LogP contribution in [0.1, 0.15) is 45.4 Å². The van der Waals surface area contributed by atoms with Crippen molar-refractivity contribution in [3.05, 3.63) is 0 Å². The Morgan fingerprint density at radius 1 is 0.889 bits per heavy atom. The van der Waals surface area contributed by atoms with E-state index in [0.29, 0.717) is 6.61 Å². The van der Waals surface area contributed by atoms with Gasteiger partial charge in [-0.25, -0.2) is 0 Å². The quantitative estimate of drug-likeness (QED) is 0.384. The second-order valence-electron chi connectivity index (χ2n) is 4.65. The highest BCUT2D eigenvalue weighted by molar-refractivity contribution is 4.74. The molecule has 0 amide bonds. The van der Waals surface area contributed by atoms with Crippen LogP contribution in [0.3, 0.4) is 0 Å². The Kier molecular flexibility index (Phi) is 11.7. The van der Waals surface area contributed by atoms with E-state index in [2.05, 4.69) is 6.92 Å². The third-order valence-electron chi connectivity index (χ3n) is 2.91. The molecule has 18 heavy (non-hydrogen) atoms. The van der Waals surface area contributed by atoms with Gasteiger partial charge in [-0.15, -0.1) is 0 Å². The molecule has 0 aliphatic heterocycles. The average Bonchev–Trinajstić information content (AvgIpc) is 2.39. The van der Waals surface area contributed by atoms with Gasteiger partial charge in [0.05, 0.1) is 13.2 Å². The maximum Gasteiger partial charge on any atom is 0.110 e. The average molecular weight is 264 g/mol. The molecule has 0 saturated heterocycles. The molecule has 0 aliphatic rings. The SMILES string of the molecule is CCCCCCCCOCC(O)C(O)C(O)CO. The fraction of sp³-hybridized carbons (Fsp3) is 1.00. The van der Waals surface area contributed by atoms with E-state index >= 15 is 0 Å². The third kappa shape index (κ3) is 8.83. The largest absolute Gasteiger partial charge is 0.394 e. The molecule has 110 valence electrons. The number of aliphatic hydroxyl groups is 4. The highest BCUT2D eigenvalue weighted by Gasteiger charge is 2.23. The summed E-state index contributed by atoms with van der Waals surface area (Å²) in [5.74, 6) is 0. The first-order chi connectivity index (χ1) is 8.63. The Labute approximate surface area is 109 Å². The number of rotatable bonds is 12. The minimum Gasteiger partial charge on any atom is -0.394 e. The molecule has 0 fully saturated rings. The summed E-state index contributed by atoms with van der Waals surface area (Å²) in [6.45, 7) is 2.13. The summed E-state index contributed by atoms with van der Waals surface area (Å²) in [7, 11) is 0. The number of ether oxygens (including phenoxy) is 1. The first kappa shape index (κ1) is 17.8. The highest BCUT2D eigenvalue weighted by atomic mass is 16.5. The van der Waals surface area contributed by atoms with Gasteiger partial charge >= 0.3 is 0 Å². The zero-order chi connectivity index (χ0) is 13.8. The van der Waals surface area contributed by atoms with Crippen LogP contribution in [-0.4, -0.2) is 58.6 Å². The van der Waals surface area contributed by atoms with Crippen molar-refractivity contribution in [3.8, 4) is 0 Å². The molecule has 4 N–H and O–H groups in total. The minimum atomic E-state index is -1.36. The molecule has 0 rings (SSSR count). The molecule has 0 spiro atoms. The summed E-state index contributed by atoms with van der Waals surface area (Å²) < 4.78 is 5.22. The summed E-state index contributed by atoms with van der Waals surface area (Å²) >= 11 is 0. The fourth-order valence-electron chi connectivity index (χ4n) is 1.65. The summed E-state index contributed by atoms with van der Waals surface area (Å²) in [6, 6.07) is 0. The van der Waals surface area contributed by atoms with E-state index in [1.165, 1.54) is 25.7 Å². The second-order valence-corrected chi connectivity index (χ2v) is 4.65. The first-order valence-electron chi connectivity index (χ1n) is 6.86. The lowest BCUT2D eigenvalue weighted by molar-refractivity contribution is -0.0997. The molecule has 0 aromatic rings. The molecule has 0 radical (unpaired) electrons. The van der Waals surface area contributed by atoms with Gasteiger partial charge in [-0.05, 0) is 6.42 Å². The van der Waals surface area contributed by atoms with Crippen LogP contribution in [0.4, 0.5) is 0 Å². The molecule has 3 atom stereocenters. The first-order valence-corrected chi connectivity index (χ1v) is 6.86. The van der Waals surface area contributed by atoms with E-state index in [0.717, 1.165) is 12.8 Å². The topological polar surface area (TPSA) is 90.2 Å². The summed E-state index contributed by atoms with van der Waals surface area (Å²) in [5.41, 5.74) is 0. The highest BCUT2D eigenvalue weighted by Crippen LogP contribution is 2.06. The van der Waals surface area contributed by atoms with Crippen LogP contribution < -0.4 is 0 Å². The molecule has 0 heterocycles. The number of hydrogen-bond acceptors (Lipinski definition) is 5. The zero-order valence-electron chi connectivity index (χ0n) is 11.3. The Morgan fingerprint density at radius 3 is 2.11 bits per heavy atom. The second kappa shape index (κ2) is 11.9. The van der Waals surface area contributed by atoms with Crippen LogP contribution in [0.15, 0.2) is 0 Å². The Morgan fingerprint density at radius 2 is 1.50 bits per heavy atom. The van der Waals surface area contributed by atoms with Crippen molar-refractivity contribution in [2.75, 3.05) is 19.8 Å². The van der Waals surface area contributed by atoms with Gasteiger partial charge in [0.15, 0.2) is 0 Å². The molecule has 0 aromatic carbocycles. The van der Waals surface area contributed by atoms with Gasteiger partial charge < -0.3 is 25.2 Å². The van der Waals surface area contributed by atoms with Gasteiger partial charge in [0, 0.05) is 6.61 Å². The van der Waals surface area contributed by atoms with Gasteiger partial charge in [0.1, 0.15) is 18.3 Å². The Balaban J connectivity index is 3.37. The lowest BCUT2D eigenvalue weighted by Crippen LogP contribution is -2.41. The van der Waals surface area contributed by atoms with Gasteiger partial charge in [0.25, 0.3) is 0 Å². The van der Waals surface area contributed by atoms with Crippen molar-refractivity contribution in [1.82, 2.24) is 0 Å². The normalized spacial score (nSPS) is 16.5. The lowest BCUT2D eigenvalue weighted by atomic mass is 10.1. The van der Waals surface area contributed by atoms with Crippen LogP contribution >= 0.6 is 0 Å². The predicted molar refractivity (Wildman–Crippen MR) is 69.3 cm³/mol. The number of hydrogen-bond donors (Lipinski definition) is 4. The smallest absolute Gasteiger partial charge is 0.110 e. The Hall–Kier alpha value is -0.200. The van der Waals surface area contributed by atoms with Crippen molar-refractivity contribution in [1.29, 1.82) is 0 Å². The van der Waals surface area contributed by atoms with Crippen molar-refractivity contribution in [2.24, 2.45) is 0 Å². The predicted octanol–water partition coefficient (Wildman–Crippen LogP) is 0.438. The monoisotopic (exact) mass is 264 g/mol. The molecule has 0 aliphatic carbocycles. The van der Waals surface area contributed by atoms with E-state index in [-0.39, 0.29) is 6.61 Å². The Bertz CT molecular complexity index is 177. The molecule has 3 unspecified atom stereocenters. The summed E-state index contributed by atoms with van der Waals surface area (Å²) in [6.07, 6.45) is 3.15. The van der Waals surface area contributed by atoms with E-state index in [4.69, 9.17) is 14.9 Å². The molecule has 0 aromatic heterocycles.